The fraction of sp³-hybridized carbons (Fsp3) is 0.125. The van der Waals surface area contributed by atoms with E-state index in [0.29, 0.717) is 17.0 Å². The summed E-state index contributed by atoms with van der Waals surface area (Å²) in [4.78, 5) is 5.48. The van der Waals surface area contributed by atoms with Crippen molar-refractivity contribution in [2.24, 2.45) is 4.99 Å². The minimum Gasteiger partial charge on any atom is -0.248 e. The first-order valence-corrected chi connectivity index (χ1v) is 10.0. The molecule has 0 heterocycles. The van der Waals surface area contributed by atoms with E-state index in [9.17, 15) is 17.6 Å². The molecule has 0 aromatic heterocycles. The Morgan fingerprint density at radius 3 is 2.13 bits per heavy atom. The largest absolute Gasteiger partial charge is 0.416 e. The highest BCUT2D eigenvalue weighted by Crippen LogP contribution is 2.29. The van der Waals surface area contributed by atoms with Gasteiger partial charge < -0.3 is 0 Å². The second kappa shape index (κ2) is 9.30. The summed E-state index contributed by atoms with van der Waals surface area (Å²) < 4.78 is 51.7. The molecule has 0 N–H and O–H groups in total. The molecular formula is C24H19F4NS. The molecule has 6 heteroatoms. The molecule has 3 aromatic rings. The summed E-state index contributed by atoms with van der Waals surface area (Å²) in [5, 5.41) is 1.78. The fourth-order valence-electron chi connectivity index (χ4n) is 2.65. The molecule has 0 spiro atoms. The van der Waals surface area contributed by atoms with Crippen LogP contribution in [-0.2, 0) is 6.18 Å². The van der Waals surface area contributed by atoms with Gasteiger partial charge in [0.15, 0.2) is 0 Å². The van der Waals surface area contributed by atoms with E-state index in [2.05, 4.69) is 4.99 Å². The summed E-state index contributed by atoms with van der Waals surface area (Å²) >= 11 is 1.37. The van der Waals surface area contributed by atoms with Crippen molar-refractivity contribution < 1.29 is 17.6 Å². The second-order valence-corrected chi connectivity index (χ2v) is 7.69. The van der Waals surface area contributed by atoms with Gasteiger partial charge in [-0.25, -0.2) is 9.38 Å². The summed E-state index contributed by atoms with van der Waals surface area (Å²) in [5.74, 6) is -0.315. The van der Waals surface area contributed by atoms with Crippen molar-refractivity contribution in [1.82, 2.24) is 0 Å². The van der Waals surface area contributed by atoms with Gasteiger partial charge in [0.2, 0.25) is 0 Å². The number of halogens is 4. The summed E-state index contributed by atoms with van der Waals surface area (Å²) in [5.41, 5.74) is 3.31. The third-order valence-electron chi connectivity index (χ3n) is 4.49. The number of alkyl halides is 3. The SMILES string of the molecule is Cc1ccc(N=C(C=CSc2ccc(F)cc2)c2ccc(C(F)(F)F)cc2)cc1C. The highest BCUT2D eigenvalue weighted by atomic mass is 32.2. The Morgan fingerprint density at radius 1 is 0.867 bits per heavy atom. The van der Waals surface area contributed by atoms with Crippen LogP contribution < -0.4 is 0 Å². The highest BCUT2D eigenvalue weighted by molar-refractivity contribution is 8.02. The fourth-order valence-corrected chi connectivity index (χ4v) is 3.30. The number of hydrogen-bond acceptors (Lipinski definition) is 2. The van der Waals surface area contributed by atoms with E-state index in [1.54, 1.807) is 23.6 Å². The van der Waals surface area contributed by atoms with E-state index in [-0.39, 0.29) is 5.82 Å². The van der Waals surface area contributed by atoms with E-state index >= 15 is 0 Å². The van der Waals surface area contributed by atoms with Crippen molar-refractivity contribution >= 4 is 23.2 Å². The molecule has 154 valence electrons. The number of allylic oxidation sites excluding steroid dienone is 1. The lowest BCUT2D eigenvalue weighted by molar-refractivity contribution is -0.137. The lowest BCUT2D eigenvalue weighted by Gasteiger charge is -2.09. The molecule has 1 nitrogen and oxygen atoms in total. The maximum absolute atomic E-state index is 13.1. The van der Waals surface area contributed by atoms with Gasteiger partial charge in [-0.05, 0) is 85.0 Å². The zero-order chi connectivity index (χ0) is 21.7. The molecule has 0 saturated carbocycles. The van der Waals surface area contributed by atoms with Crippen molar-refractivity contribution in [3.05, 3.63) is 106 Å². The molecule has 0 fully saturated rings. The van der Waals surface area contributed by atoms with Crippen LogP contribution in [0.25, 0.3) is 0 Å². The van der Waals surface area contributed by atoms with Crippen molar-refractivity contribution in [3.8, 4) is 0 Å². The van der Waals surface area contributed by atoms with Crippen LogP contribution >= 0.6 is 11.8 Å². The molecule has 0 unspecified atom stereocenters. The summed E-state index contributed by atoms with van der Waals surface area (Å²) in [7, 11) is 0. The molecule has 0 aliphatic rings. The molecule has 0 aliphatic heterocycles. The first-order valence-electron chi connectivity index (χ1n) is 9.15. The van der Waals surface area contributed by atoms with Crippen molar-refractivity contribution in [3.63, 3.8) is 0 Å². The van der Waals surface area contributed by atoms with Gasteiger partial charge in [-0.3, -0.25) is 0 Å². The smallest absolute Gasteiger partial charge is 0.248 e. The first kappa shape index (κ1) is 21.8. The van der Waals surface area contributed by atoms with Gasteiger partial charge in [0, 0.05) is 10.5 Å². The van der Waals surface area contributed by atoms with E-state index in [4.69, 9.17) is 0 Å². The molecule has 0 saturated heterocycles. The predicted octanol–water partition coefficient (Wildman–Crippen LogP) is 7.89. The third kappa shape index (κ3) is 5.83. The van der Waals surface area contributed by atoms with Crippen LogP contribution in [0.15, 0.2) is 88.1 Å². The number of thioether (sulfide) groups is 1. The molecule has 30 heavy (non-hydrogen) atoms. The van der Waals surface area contributed by atoms with Gasteiger partial charge in [-0.2, -0.15) is 13.2 Å². The predicted molar refractivity (Wildman–Crippen MR) is 115 cm³/mol. The molecule has 0 radical (unpaired) electrons. The Bertz CT molecular complexity index is 1070. The molecule has 3 rings (SSSR count). The van der Waals surface area contributed by atoms with Crippen LogP contribution in [0.4, 0.5) is 23.2 Å². The molecule has 0 aliphatic carbocycles. The van der Waals surface area contributed by atoms with Gasteiger partial charge in [0.05, 0.1) is 17.0 Å². The Hall–Kier alpha value is -2.86. The molecule has 0 bridgehead atoms. The first-order chi connectivity index (χ1) is 14.2. The van der Waals surface area contributed by atoms with Crippen molar-refractivity contribution in [2.75, 3.05) is 0 Å². The molecule has 3 aromatic carbocycles. The molecule has 0 atom stereocenters. The number of aliphatic imine (C=N–C) groups is 1. The number of rotatable bonds is 5. The highest BCUT2D eigenvalue weighted by Gasteiger charge is 2.30. The average molecular weight is 429 g/mol. The van der Waals surface area contributed by atoms with E-state index in [0.717, 1.165) is 28.2 Å². The van der Waals surface area contributed by atoms with Gasteiger partial charge in [0.1, 0.15) is 5.82 Å². The van der Waals surface area contributed by atoms with Gasteiger partial charge in [-0.15, -0.1) is 0 Å². The van der Waals surface area contributed by atoms with Crippen LogP contribution in [0.1, 0.15) is 22.3 Å². The number of hydrogen-bond donors (Lipinski definition) is 0. The second-order valence-electron chi connectivity index (χ2n) is 6.72. The maximum atomic E-state index is 13.1. The Morgan fingerprint density at radius 2 is 1.53 bits per heavy atom. The van der Waals surface area contributed by atoms with Crippen LogP contribution in [0.5, 0.6) is 0 Å². The standard InChI is InChI=1S/C24H19F4NS/c1-16-3-10-21(15-17(16)2)29-23(13-14-30-22-11-8-20(25)9-12-22)18-4-6-19(7-5-18)24(26,27)28/h3-15H,1-2H3. The lowest BCUT2D eigenvalue weighted by Crippen LogP contribution is -2.05. The van der Waals surface area contributed by atoms with Gasteiger partial charge in [0.25, 0.3) is 0 Å². The summed E-state index contributed by atoms with van der Waals surface area (Å²) in [6, 6.07) is 16.7. The minimum atomic E-state index is -4.39. The summed E-state index contributed by atoms with van der Waals surface area (Å²) in [6.07, 6.45) is -2.65. The number of aryl methyl sites for hydroxylation is 2. The lowest BCUT2D eigenvalue weighted by atomic mass is 10.1. The van der Waals surface area contributed by atoms with Crippen LogP contribution in [-0.4, -0.2) is 5.71 Å². The quantitative estimate of drug-likeness (QED) is 0.228. The summed E-state index contributed by atoms with van der Waals surface area (Å²) in [6.45, 7) is 3.98. The number of nitrogens with zero attached hydrogens (tertiary/aromatic N) is 1. The monoisotopic (exact) mass is 429 g/mol. The molecule has 0 amide bonds. The van der Waals surface area contributed by atoms with E-state index in [1.807, 2.05) is 32.0 Å². The zero-order valence-electron chi connectivity index (χ0n) is 16.4. The van der Waals surface area contributed by atoms with Crippen LogP contribution in [0.2, 0.25) is 0 Å². The number of benzene rings is 3. The van der Waals surface area contributed by atoms with E-state index < -0.39 is 11.7 Å². The Balaban J connectivity index is 1.93. The Labute approximate surface area is 177 Å². The van der Waals surface area contributed by atoms with Crippen molar-refractivity contribution in [2.45, 2.75) is 24.9 Å². The Kier molecular flexibility index (Phi) is 6.77. The average Bonchev–Trinajstić information content (AvgIpc) is 2.71. The molecular weight excluding hydrogens is 410 g/mol. The zero-order valence-corrected chi connectivity index (χ0v) is 17.2. The third-order valence-corrected chi connectivity index (χ3v) is 5.31. The normalized spacial score (nSPS) is 12.5. The topological polar surface area (TPSA) is 12.4 Å². The maximum Gasteiger partial charge on any atom is 0.416 e. The van der Waals surface area contributed by atoms with Crippen LogP contribution in [0.3, 0.4) is 0 Å². The van der Waals surface area contributed by atoms with Crippen molar-refractivity contribution in [1.29, 1.82) is 0 Å². The van der Waals surface area contributed by atoms with Gasteiger partial charge >= 0.3 is 6.18 Å². The van der Waals surface area contributed by atoms with Gasteiger partial charge in [-0.1, -0.05) is 30.0 Å². The van der Waals surface area contributed by atoms with E-state index in [1.165, 1.54) is 36.0 Å². The minimum absolute atomic E-state index is 0.315. The van der Waals surface area contributed by atoms with Crippen LogP contribution in [0, 0.1) is 19.7 Å².